The van der Waals surface area contributed by atoms with Crippen molar-refractivity contribution in [2.24, 2.45) is 14.1 Å². The van der Waals surface area contributed by atoms with E-state index in [2.05, 4.69) is 42.1 Å². The van der Waals surface area contributed by atoms with Gasteiger partial charge in [0.25, 0.3) is 0 Å². The number of hydrogen-bond donors (Lipinski definition) is 0. The number of fused-ring (bicyclic) bond motifs is 1. The molecule has 0 fully saturated rings. The Balaban J connectivity index is 1.43. The van der Waals surface area contributed by atoms with Crippen LogP contribution in [-0.2, 0) is 36.7 Å². The summed E-state index contributed by atoms with van der Waals surface area (Å²) in [6.45, 7) is 4.37. The highest BCUT2D eigenvalue weighted by molar-refractivity contribution is 5.76. The lowest BCUT2D eigenvalue weighted by atomic mass is 10.0. The third-order valence-electron chi connectivity index (χ3n) is 5.15. The van der Waals surface area contributed by atoms with Crippen molar-refractivity contribution in [1.29, 1.82) is 0 Å². The van der Waals surface area contributed by atoms with Crippen molar-refractivity contribution < 1.29 is 9.53 Å². The van der Waals surface area contributed by atoms with Crippen molar-refractivity contribution in [2.45, 2.75) is 26.9 Å². The zero-order chi connectivity index (χ0) is 20.5. The van der Waals surface area contributed by atoms with Gasteiger partial charge in [0, 0.05) is 25.4 Å². The van der Waals surface area contributed by atoms with E-state index in [1.54, 1.807) is 11.0 Å². The number of carbonyl (C=O) groups excluding carboxylic acids is 1. The third kappa shape index (κ3) is 3.92. The number of benzene rings is 2. The van der Waals surface area contributed by atoms with E-state index in [9.17, 15) is 4.79 Å². The predicted molar refractivity (Wildman–Crippen MR) is 112 cm³/mol. The van der Waals surface area contributed by atoms with Gasteiger partial charge in [0.1, 0.15) is 6.61 Å². The fourth-order valence-electron chi connectivity index (χ4n) is 3.54. The second-order valence-corrected chi connectivity index (χ2v) is 7.48. The van der Waals surface area contributed by atoms with E-state index in [0.29, 0.717) is 0 Å². The molecule has 4 rings (SSSR count). The number of esters is 1. The molecule has 6 nitrogen and oxygen atoms in total. The molecule has 0 radical (unpaired) electrons. The molecule has 4 aromatic rings. The van der Waals surface area contributed by atoms with Crippen LogP contribution in [0.4, 0.5) is 0 Å². The molecule has 2 aromatic carbocycles. The van der Waals surface area contributed by atoms with Crippen LogP contribution in [0.5, 0.6) is 0 Å². The number of carbonyl (C=O) groups is 1. The Morgan fingerprint density at radius 2 is 1.90 bits per heavy atom. The molecule has 2 heterocycles. The van der Waals surface area contributed by atoms with Crippen LogP contribution in [0.15, 0.2) is 48.8 Å². The van der Waals surface area contributed by atoms with E-state index in [0.717, 1.165) is 33.5 Å². The lowest BCUT2D eigenvalue weighted by molar-refractivity contribution is -0.144. The Hall–Kier alpha value is -3.41. The Bertz CT molecular complexity index is 1200. The maximum atomic E-state index is 12.4. The summed E-state index contributed by atoms with van der Waals surface area (Å²) >= 11 is 0. The standard InChI is InChI=1S/C23H24N4O2/c1-15-5-7-19(16(2)9-15)20-11-18(27(4)25-20)12-23(28)29-13-17-6-8-22-21(10-17)24-14-26(22)3/h5-11,14H,12-13H2,1-4H3. The van der Waals surface area contributed by atoms with E-state index in [1.165, 1.54) is 11.1 Å². The minimum Gasteiger partial charge on any atom is -0.461 e. The van der Waals surface area contributed by atoms with E-state index in [1.807, 2.05) is 42.9 Å². The zero-order valence-electron chi connectivity index (χ0n) is 17.1. The van der Waals surface area contributed by atoms with Crippen molar-refractivity contribution in [1.82, 2.24) is 19.3 Å². The molecule has 0 aliphatic carbocycles. The molecule has 0 bridgehead atoms. The van der Waals surface area contributed by atoms with Crippen LogP contribution >= 0.6 is 0 Å². The van der Waals surface area contributed by atoms with Crippen LogP contribution in [0.2, 0.25) is 0 Å². The highest BCUT2D eigenvalue weighted by Crippen LogP contribution is 2.24. The minimum absolute atomic E-state index is 0.181. The van der Waals surface area contributed by atoms with Gasteiger partial charge in [-0.3, -0.25) is 9.48 Å². The summed E-state index contributed by atoms with van der Waals surface area (Å²) < 4.78 is 9.19. The zero-order valence-corrected chi connectivity index (χ0v) is 17.1. The molecule has 29 heavy (non-hydrogen) atoms. The van der Waals surface area contributed by atoms with E-state index in [4.69, 9.17) is 4.74 Å². The largest absolute Gasteiger partial charge is 0.461 e. The fraction of sp³-hybridized carbons (Fsp3) is 0.261. The van der Waals surface area contributed by atoms with Gasteiger partial charge in [-0.25, -0.2) is 4.98 Å². The number of rotatable bonds is 5. The fourth-order valence-corrected chi connectivity index (χ4v) is 3.54. The molecule has 2 aromatic heterocycles. The number of aryl methyl sites for hydroxylation is 4. The summed E-state index contributed by atoms with van der Waals surface area (Å²) in [5.74, 6) is -0.277. The average Bonchev–Trinajstić information content (AvgIpc) is 3.23. The van der Waals surface area contributed by atoms with Crippen LogP contribution < -0.4 is 0 Å². The number of nitrogens with zero attached hydrogens (tertiary/aromatic N) is 4. The average molecular weight is 388 g/mol. The topological polar surface area (TPSA) is 61.9 Å². The quantitative estimate of drug-likeness (QED) is 0.487. The summed E-state index contributed by atoms with van der Waals surface area (Å²) in [4.78, 5) is 16.7. The summed E-state index contributed by atoms with van der Waals surface area (Å²) in [7, 11) is 3.81. The molecule has 0 spiro atoms. The lowest BCUT2D eigenvalue weighted by Crippen LogP contribution is -2.11. The molecular weight excluding hydrogens is 364 g/mol. The van der Waals surface area contributed by atoms with Crippen LogP contribution in [-0.4, -0.2) is 25.3 Å². The summed E-state index contributed by atoms with van der Waals surface area (Å²) in [5, 5.41) is 4.58. The van der Waals surface area contributed by atoms with Gasteiger partial charge in [0.15, 0.2) is 0 Å². The maximum Gasteiger partial charge on any atom is 0.312 e. The molecule has 0 atom stereocenters. The third-order valence-corrected chi connectivity index (χ3v) is 5.15. The molecule has 0 unspecified atom stereocenters. The van der Waals surface area contributed by atoms with E-state index >= 15 is 0 Å². The molecule has 0 amide bonds. The summed E-state index contributed by atoms with van der Waals surface area (Å²) in [6, 6.07) is 14.1. The highest BCUT2D eigenvalue weighted by atomic mass is 16.5. The van der Waals surface area contributed by atoms with Gasteiger partial charge < -0.3 is 9.30 Å². The van der Waals surface area contributed by atoms with Crippen LogP contribution in [0.1, 0.15) is 22.4 Å². The molecule has 6 heteroatoms. The van der Waals surface area contributed by atoms with Crippen LogP contribution in [0.3, 0.4) is 0 Å². The molecule has 0 saturated heterocycles. The van der Waals surface area contributed by atoms with E-state index < -0.39 is 0 Å². The summed E-state index contributed by atoms with van der Waals surface area (Å²) in [5.41, 5.74) is 8.02. The number of ether oxygens (including phenoxy) is 1. The minimum atomic E-state index is -0.277. The van der Waals surface area contributed by atoms with Crippen LogP contribution in [0.25, 0.3) is 22.3 Å². The van der Waals surface area contributed by atoms with Gasteiger partial charge in [0.05, 0.1) is 29.5 Å². The van der Waals surface area contributed by atoms with Crippen molar-refractivity contribution in [3.63, 3.8) is 0 Å². The van der Waals surface area contributed by atoms with Gasteiger partial charge in [0.2, 0.25) is 0 Å². The van der Waals surface area contributed by atoms with Crippen molar-refractivity contribution in [3.8, 4) is 11.3 Å². The number of imidazole rings is 1. The first-order valence-electron chi connectivity index (χ1n) is 9.57. The smallest absolute Gasteiger partial charge is 0.312 e. The van der Waals surface area contributed by atoms with Gasteiger partial charge >= 0.3 is 5.97 Å². The summed E-state index contributed by atoms with van der Waals surface area (Å²) in [6.07, 6.45) is 1.95. The van der Waals surface area contributed by atoms with Crippen molar-refractivity contribution in [3.05, 3.63) is 71.2 Å². The first-order chi connectivity index (χ1) is 13.9. The highest BCUT2D eigenvalue weighted by Gasteiger charge is 2.14. The first kappa shape index (κ1) is 18.9. The van der Waals surface area contributed by atoms with Crippen LogP contribution in [0, 0.1) is 13.8 Å². The number of aromatic nitrogens is 4. The Morgan fingerprint density at radius 1 is 1.07 bits per heavy atom. The van der Waals surface area contributed by atoms with Gasteiger partial charge in [-0.2, -0.15) is 5.10 Å². The maximum absolute atomic E-state index is 12.4. The Morgan fingerprint density at radius 3 is 2.69 bits per heavy atom. The number of hydrogen-bond acceptors (Lipinski definition) is 4. The molecule has 0 saturated carbocycles. The van der Waals surface area contributed by atoms with Gasteiger partial charge in [-0.05, 0) is 43.2 Å². The molecule has 148 valence electrons. The first-order valence-corrected chi connectivity index (χ1v) is 9.57. The molecule has 0 N–H and O–H groups in total. The second kappa shape index (κ2) is 7.54. The molecule has 0 aliphatic heterocycles. The van der Waals surface area contributed by atoms with Crippen molar-refractivity contribution in [2.75, 3.05) is 0 Å². The van der Waals surface area contributed by atoms with Gasteiger partial charge in [-0.15, -0.1) is 0 Å². The Kier molecular flexibility index (Phi) is 4.92. The second-order valence-electron chi connectivity index (χ2n) is 7.48. The molecular formula is C23H24N4O2. The van der Waals surface area contributed by atoms with Gasteiger partial charge in [-0.1, -0.05) is 29.8 Å². The predicted octanol–water partition coefficient (Wildman–Crippen LogP) is 3.88. The normalized spacial score (nSPS) is 11.2. The van der Waals surface area contributed by atoms with E-state index in [-0.39, 0.29) is 19.0 Å². The SMILES string of the molecule is Cc1ccc(-c2cc(CC(=O)OCc3ccc4c(c3)ncn4C)n(C)n2)c(C)c1. The molecule has 0 aliphatic rings. The Labute approximate surface area is 169 Å². The lowest BCUT2D eigenvalue weighted by Gasteiger charge is -2.05. The monoisotopic (exact) mass is 388 g/mol. The van der Waals surface area contributed by atoms with Crippen molar-refractivity contribution >= 4 is 17.0 Å².